The van der Waals surface area contributed by atoms with Crippen LogP contribution in [0.4, 0.5) is 0 Å². The van der Waals surface area contributed by atoms with E-state index in [4.69, 9.17) is 9.84 Å². The molecule has 1 aliphatic carbocycles. The lowest BCUT2D eigenvalue weighted by Gasteiger charge is -2.15. The molecule has 0 aromatic heterocycles. The molecule has 0 bridgehead atoms. The minimum Gasteiger partial charge on any atom is -0.396 e. The van der Waals surface area contributed by atoms with Crippen molar-refractivity contribution in [2.75, 3.05) is 26.8 Å². The SMILES string of the molecule is COC(C)CNCC1(CO)CC1. The molecular weight excluding hydrogens is 154 g/mol. The zero-order chi connectivity index (χ0) is 9.03. The van der Waals surface area contributed by atoms with Crippen LogP contribution in [0.2, 0.25) is 0 Å². The first-order valence-electron chi connectivity index (χ1n) is 4.57. The molecule has 1 fully saturated rings. The van der Waals surface area contributed by atoms with E-state index in [2.05, 4.69) is 5.32 Å². The van der Waals surface area contributed by atoms with Gasteiger partial charge in [-0.05, 0) is 19.8 Å². The van der Waals surface area contributed by atoms with Gasteiger partial charge in [0.15, 0.2) is 0 Å². The fourth-order valence-corrected chi connectivity index (χ4v) is 1.19. The predicted molar refractivity (Wildman–Crippen MR) is 48.1 cm³/mol. The standard InChI is InChI=1S/C9H19NO2/c1-8(12-2)5-10-6-9(7-11)3-4-9/h8,10-11H,3-7H2,1-2H3. The molecule has 3 heteroatoms. The van der Waals surface area contributed by atoms with E-state index >= 15 is 0 Å². The van der Waals surface area contributed by atoms with Crippen molar-refractivity contribution in [2.45, 2.75) is 25.9 Å². The van der Waals surface area contributed by atoms with Crippen molar-refractivity contribution in [3.05, 3.63) is 0 Å². The smallest absolute Gasteiger partial charge is 0.0667 e. The number of rotatable bonds is 6. The monoisotopic (exact) mass is 173 g/mol. The van der Waals surface area contributed by atoms with Crippen LogP contribution in [-0.2, 0) is 4.74 Å². The van der Waals surface area contributed by atoms with E-state index in [-0.39, 0.29) is 11.5 Å². The van der Waals surface area contributed by atoms with Gasteiger partial charge in [0.05, 0.1) is 6.10 Å². The molecule has 1 unspecified atom stereocenters. The normalized spacial score (nSPS) is 22.2. The van der Waals surface area contributed by atoms with Crippen LogP contribution < -0.4 is 5.32 Å². The van der Waals surface area contributed by atoms with E-state index < -0.39 is 0 Å². The molecular formula is C9H19NO2. The fraction of sp³-hybridized carbons (Fsp3) is 1.00. The molecule has 3 nitrogen and oxygen atoms in total. The summed E-state index contributed by atoms with van der Waals surface area (Å²) >= 11 is 0. The molecule has 0 amide bonds. The van der Waals surface area contributed by atoms with Crippen molar-refractivity contribution in [3.63, 3.8) is 0 Å². The Morgan fingerprint density at radius 1 is 1.58 bits per heavy atom. The van der Waals surface area contributed by atoms with Crippen molar-refractivity contribution in [1.82, 2.24) is 5.32 Å². The summed E-state index contributed by atoms with van der Waals surface area (Å²) < 4.78 is 5.09. The summed E-state index contributed by atoms with van der Waals surface area (Å²) in [5, 5.41) is 12.3. The topological polar surface area (TPSA) is 41.5 Å². The van der Waals surface area contributed by atoms with Gasteiger partial charge in [0, 0.05) is 32.2 Å². The second-order valence-electron chi connectivity index (χ2n) is 3.84. The van der Waals surface area contributed by atoms with E-state index in [1.54, 1.807) is 7.11 Å². The Morgan fingerprint density at radius 2 is 2.25 bits per heavy atom. The molecule has 0 spiro atoms. The van der Waals surface area contributed by atoms with Crippen LogP contribution in [0.15, 0.2) is 0 Å². The minimum atomic E-state index is 0.216. The average molecular weight is 173 g/mol. The van der Waals surface area contributed by atoms with E-state index in [0.717, 1.165) is 25.9 Å². The van der Waals surface area contributed by atoms with Gasteiger partial charge in [0.2, 0.25) is 0 Å². The van der Waals surface area contributed by atoms with Gasteiger partial charge in [0.25, 0.3) is 0 Å². The van der Waals surface area contributed by atoms with Crippen molar-refractivity contribution >= 4 is 0 Å². The minimum absolute atomic E-state index is 0.216. The van der Waals surface area contributed by atoms with Crippen LogP contribution in [0.3, 0.4) is 0 Å². The maximum atomic E-state index is 9.01. The van der Waals surface area contributed by atoms with Crippen molar-refractivity contribution in [1.29, 1.82) is 0 Å². The first-order valence-corrected chi connectivity index (χ1v) is 4.57. The summed E-state index contributed by atoms with van der Waals surface area (Å²) in [5.41, 5.74) is 0.216. The van der Waals surface area contributed by atoms with Gasteiger partial charge in [-0.15, -0.1) is 0 Å². The molecule has 0 aromatic rings. The molecule has 0 aliphatic heterocycles. The van der Waals surface area contributed by atoms with Gasteiger partial charge in [0.1, 0.15) is 0 Å². The van der Waals surface area contributed by atoms with Gasteiger partial charge in [-0.25, -0.2) is 0 Å². The van der Waals surface area contributed by atoms with Crippen LogP contribution in [-0.4, -0.2) is 38.0 Å². The third kappa shape index (κ3) is 2.73. The summed E-state index contributed by atoms with van der Waals surface area (Å²) in [6.07, 6.45) is 2.59. The second kappa shape index (κ2) is 4.21. The number of aliphatic hydroxyl groups excluding tert-OH is 1. The first kappa shape index (κ1) is 9.96. The largest absolute Gasteiger partial charge is 0.396 e. The molecule has 12 heavy (non-hydrogen) atoms. The van der Waals surface area contributed by atoms with Crippen LogP contribution in [0.25, 0.3) is 0 Å². The first-order chi connectivity index (χ1) is 5.72. The van der Waals surface area contributed by atoms with Gasteiger partial charge in [-0.1, -0.05) is 0 Å². The second-order valence-corrected chi connectivity index (χ2v) is 3.84. The highest BCUT2D eigenvalue weighted by Gasteiger charge is 2.41. The summed E-state index contributed by atoms with van der Waals surface area (Å²) in [6.45, 7) is 4.16. The fourth-order valence-electron chi connectivity index (χ4n) is 1.19. The van der Waals surface area contributed by atoms with Gasteiger partial charge in [-0.2, -0.15) is 0 Å². The highest BCUT2D eigenvalue weighted by molar-refractivity contribution is 4.94. The molecule has 0 heterocycles. The van der Waals surface area contributed by atoms with Crippen molar-refractivity contribution in [3.8, 4) is 0 Å². The highest BCUT2D eigenvalue weighted by Crippen LogP contribution is 2.44. The zero-order valence-corrected chi connectivity index (χ0v) is 7.97. The Hall–Kier alpha value is -0.120. The van der Waals surface area contributed by atoms with E-state index in [1.807, 2.05) is 6.92 Å². The maximum absolute atomic E-state index is 9.01. The Kier molecular flexibility index (Phi) is 3.50. The average Bonchev–Trinajstić information content (AvgIpc) is 2.85. The third-order valence-corrected chi connectivity index (χ3v) is 2.63. The van der Waals surface area contributed by atoms with Crippen LogP contribution >= 0.6 is 0 Å². The zero-order valence-electron chi connectivity index (χ0n) is 7.97. The Bertz CT molecular complexity index is 134. The quantitative estimate of drug-likeness (QED) is 0.610. The van der Waals surface area contributed by atoms with Crippen LogP contribution in [0.5, 0.6) is 0 Å². The van der Waals surface area contributed by atoms with Crippen LogP contribution in [0.1, 0.15) is 19.8 Å². The van der Waals surface area contributed by atoms with Gasteiger partial charge in [-0.3, -0.25) is 0 Å². The number of nitrogens with one attached hydrogen (secondary N) is 1. The summed E-state index contributed by atoms with van der Waals surface area (Å²) in [6, 6.07) is 0. The molecule has 0 radical (unpaired) electrons. The highest BCUT2D eigenvalue weighted by atomic mass is 16.5. The molecule has 1 saturated carbocycles. The van der Waals surface area contributed by atoms with Crippen LogP contribution in [0, 0.1) is 5.41 Å². The molecule has 2 N–H and O–H groups in total. The predicted octanol–water partition coefficient (Wildman–Crippen LogP) is 0.383. The molecule has 72 valence electrons. The molecule has 1 atom stereocenters. The molecule has 0 saturated heterocycles. The lowest BCUT2D eigenvalue weighted by atomic mass is 10.1. The summed E-state index contributed by atoms with van der Waals surface area (Å²) in [7, 11) is 1.71. The van der Waals surface area contributed by atoms with E-state index in [0.29, 0.717) is 6.61 Å². The number of ether oxygens (including phenoxy) is 1. The third-order valence-electron chi connectivity index (χ3n) is 2.63. The van der Waals surface area contributed by atoms with Crippen molar-refractivity contribution < 1.29 is 9.84 Å². The molecule has 1 rings (SSSR count). The summed E-state index contributed by atoms with van der Waals surface area (Å²) in [5.74, 6) is 0. The van der Waals surface area contributed by atoms with Crippen molar-refractivity contribution in [2.24, 2.45) is 5.41 Å². The Balaban J connectivity index is 2.02. The van der Waals surface area contributed by atoms with Gasteiger partial charge < -0.3 is 15.2 Å². The van der Waals surface area contributed by atoms with E-state index in [9.17, 15) is 0 Å². The number of hydrogen-bond acceptors (Lipinski definition) is 3. The number of methoxy groups -OCH3 is 1. The maximum Gasteiger partial charge on any atom is 0.0667 e. The molecule has 1 aliphatic rings. The lowest BCUT2D eigenvalue weighted by Crippen LogP contribution is -2.32. The molecule has 0 aromatic carbocycles. The lowest BCUT2D eigenvalue weighted by molar-refractivity contribution is 0.113. The summed E-state index contributed by atoms with van der Waals surface area (Å²) in [4.78, 5) is 0. The Labute approximate surface area is 74.1 Å². The van der Waals surface area contributed by atoms with E-state index in [1.165, 1.54) is 0 Å². The number of hydrogen-bond donors (Lipinski definition) is 2. The van der Waals surface area contributed by atoms with Gasteiger partial charge >= 0.3 is 0 Å². The Morgan fingerprint density at radius 3 is 2.67 bits per heavy atom. The number of aliphatic hydroxyl groups is 1.